The number of carbonyl (C=O) groups is 1. The lowest BCUT2D eigenvalue weighted by Gasteiger charge is -2.07. The van der Waals surface area contributed by atoms with E-state index in [2.05, 4.69) is 10.3 Å². The van der Waals surface area contributed by atoms with Gasteiger partial charge in [-0.3, -0.25) is 4.79 Å². The first kappa shape index (κ1) is 18.9. The van der Waals surface area contributed by atoms with Crippen LogP contribution in [0.1, 0.15) is 11.1 Å². The number of benzene rings is 2. The van der Waals surface area contributed by atoms with Crippen molar-refractivity contribution < 1.29 is 14.3 Å². The Labute approximate surface area is 162 Å². The average molecular weight is 385 g/mol. The Kier molecular flexibility index (Phi) is 6.04. The summed E-state index contributed by atoms with van der Waals surface area (Å²) in [6.07, 6.45) is 5.92. The van der Waals surface area contributed by atoms with E-state index in [-0.39, 0.29) is 5.91 Å². The number of hydrogen-bond acceptors (Lipinski definition) is 3. The highest BCUT2D eigenvalue weighted by atomic mass is 35.5. The van der Waals surface area contributed by atoms with Crippen LogP contribution in [0.3, 0.4) is 0 Å². The molecule has 2 aromatic carbocycles. The molecular weight excluding hydrogens is 364 g/mol. The molecule has 0 spiro atoms. The molecule has 1 heterocycles. The molecule has 5 nitrogen and oxygen atoms in total. The number of aromatic nitrogens is 1. The second kappa shape index (κ2) is 8.64. The second-order valence-electron chi connectivity index (χ2n) is 5.99. The van der Waals surface area contributed by atoms with Crippen molar-refractivity contribution in [2.75, 3.05) is 20.8 Å². The van der Waals surface area contributed by atoms with Gasteiger partial charge in [-0.05, 0) is 54.0 Å². The number of aromatic amines is 1. The maximum atomic E-state index is 12.1. The van der Waals surface area contributed by atoms with E-state index >= 15 is 0 Å². The van der Waals surface area contributed by atoms with Gasteiger partial charge in [-0.15, -0.1) is 0 Å². The fraction of sp³-hybridized carbons (Fsp3) is 0.190. The minimum absolute atomic E-state index is 0.150. The number of rotatable bonds is 7. The van der Waals surface area contributed by atoms with Gasteiger partial charge in [-0.25, -0.2) is 0 Å². The molecule has 3 aromatic rings. The van der Waals surface area contributed by atoms with Gasteiger partial charge in [-0.2, -0.15) is 0 Å². The number of halogens is 1. The van der Waals surface area contributed by atoms with Crippen LogP contribution in [0, 0.1) is 0 Å². The third kappa shape index (κ3) is 4.63. The van der Waals surface area contributed by atoms with E-state index in [1.807, 2.05) is 36.5 Å². The quantitative estimate of drug-likeness (QED) is 0.600. The number of fused-ring (bicyclic) bond motifs is 1. The summed E-state index contributed by atoms with van der Waals surface area (Å²) in [5, 5.41) is 4.67. The summed E-state index contributed by atoms with van der Waals surface area (Å²) in [5.41, 5.74) is 3.01. The molecule has 0 fully saturated rings. The van der Waals surface area contributed by atoms with Crippen LogP contribution in [0.4, 0.5) is 0 Å². The molecule has 0 atom stereocenters. The van der Waals surface area contributed by atoms with E-state index in [1.165, 1.54) is 6.08 Å². The van der Waals surface area contributed by atoms with Gasteiger partial charge in [0.05, 0.1) is 14.2 Å². The normalized spacial score (nSPS) is 11.1. The van der Waals surface area contributed by atoms with Gasteiger partial charge in [0.25, 0.3) is 0 Å². The largest absolute Gasteiger partial charge is 0.493 e. The Hall–Kier alpha value is -2.92. The molecule has 2 N–H and O–H groups in total. The fourth-order valence-corrected chi connectivity index (χ4v) is 3.04. The van der Waals surface area contributed by atoms with Crippen molar-refractivity contribution in [3.8, 4) is 11.5 Å². The molecule has 0 radical (unpaired) electrons. The van der Waals surface area contributed by atoms with Crippen LogP contribution in [0.25, 0.3) is 17.0 Å². The van der Waals surface area contributed by atoms with Crippen LogP contribution in [0.15, 0.2) is 48.7 Å². The van der Waals surface area contributed by atoms with Gasteiger partial charge in [-0.1, -0.05) is 17.7 Å². The zero-order valence-electron chi connectivity index (χ0n) is 15.2. The molecule has 140 valence electrons. The highest BCUT2D eigenvalue weighted by Gasteiger charge is 2.06. The molecule has 0 aliphatic heterocycles. The van der Waals surface area contributed by atoms with E-state index in [9.17, 15) is 4.79 Å². The van der Waals surface area contributed by atoms with Crippen molar-refractivity contribution >= 4 is 34.5 Å². The highest BCUT2D eigenvalue weighted by molar-refractivity contribution is 6.31. The third-order valence-electron chi connectivity index (χ3n) is 4.26. The first-order chi connectivity index (χ1) is 13.1. The molecule has 27 heavy (non-hydrogen) atoms. The summed E-state index contributed by atoms with van der Waals surface area (Å²) in [7, 11) is 3.17. The monoisotopic (exact) mass is 384 g/mol. The Morgan fingerprint density at radius 1 is 1.15 bits per heavy atom. The van der Waals surface area contributed by atoms with E-state index < -0.39 is 0 Å². The summed E-state index contributed by atoms with van der Waals surface area (Å²) >= 11 is 6.06. The van der Waals surface area contributed by atoms with Crippen molar-refractivity contribution in [2.45, 2.75) is 6.42 Å². The van der Waals surface area contributed by atoms with Crippen molar-refractivity contribution in [3.63, 3.8) is 0 Å². The molecule has 0 saturated carbocycles. The number of methoxy groups -OCH3 is 2. The van der Waals surface area contributed by atoms with Gasteiger partial charge in [0, 0.05) is 34.7 Å². The third-order valence-corrected chi connectivity index (χ3v) is 4.49. The molecule has 3 rings (SSSR count). The van der Waals surface area contributed by atoms with E-state index in [4.69, 9.17) is 21.1 Å². The maximum absolute atomic E-state index is 12.1. The minimum Gasteiger partial charge on any atom is -0.493 e. The minimum atomic E-state index is -0.150. The average Bonchev–Trinajstić information content (AvgIpc) is 3.08. The smallest absolute Gasteiger partial charge is 0.244 e. The number of ether oxygens (including phenoxy) is 2. The first-order valence-corrected chi connectivity index (χ1v) is 8.92. The molecule has 0 bridgehead atoms. The molecule has 0 unspecified atom stereocenters. The second-order valence-corrected chi connectivity index (χ2v) is 6.43. The number of H-pyrrole nitrogens is 1. The van der Waals surface area contributed by atoms with Crippen molar-refractivity contribution in [1.82, 2.24) is 10.3 Å². The number of nitrogens with one attached hydrogen (secondary N) is 2. The van der Waals surface area contributed by atoms with Crippen LogP contribution >= 0.6 is 11.6 Å². The van der Waals surface area contributed by atoms with Crippen LogP contribution < -0.4 is 14.8 Å². The summed E-state index contributed by atoms with van der Waals surface area (Å²) in [6.45, 7) is 0.536. The van der Waals surface area contributed by atoms with Crippen LogP contribution in [0.5, 0.6) is 11.5 Å². The lowest BCUT2D eigenvalue weighted by atomic mass is 10.1. The molecule has 0 aliphatic carbocycles. The van der Waals surface area contributed by atoms with Gasteiger partial charge in [0.15, 0.2) is 11.5 Å². The zero-order valence-corrected chi connectivity index (χ0v) is 16.0. The lowest BCUT2D eigenvalue weighted by molar-refractivity contribution is -0.116. The first-order valence-electron chi connectivity index (χ1n) is 8.54. The summed E-state index contributed by atoms with van der Waals surface area (Å²) < 4.78 is 10.5. The van der Waals surface area contributed by atoms with Gasteiger partial charge in [0.2, 0.25) is 5.91 Å². The molecule has 0 aliphatic rings. The summed E-state index contributed by atoms with van der Waals surface area (Å²) in [6, 6.07) is 11.2. The predicted molar refractivity (Wildman–Crippen MR) is 109 cm³/mol. The van der Waals surface area contributed by atoms with Crippen LogP contribution in [-0.2, 0) is 11.2 Å². The van der Waals surface area contributed by atoms with Crippen molar-refractivity contribution in [1.29, 1.82) is 0 Å². The SMILES string of the molecule is COc1ccc(C=CC(=O)NCCc2c[nH]c3ccc(Cl)cc23)cc1OC. The Morgan fingerprint density at radius 3 is 2.74 bits per heavy atom. The van der Waals surface area contributed by atoms with Crippen LogP contribution in [0.2, 0.25) is 5.02 Å². The molecule has 6 heteroatoms. The highest BCUT2D eigenvalue weighted by Crippen LogP contribution is 2.28. The fourth-order valence-electron chi connectivity index (χ4n) is 2.87. The summed E-state index contributed by atoms with van der Waals surface area (Å²) in [4.78, 5) is 15.3. The molecule has 0 saturated heterocycles. The van der Waals surface area contributed by atoms with E-state index in [0.717, 1.165) is 28.5 Å². The zero-order chi connectivity index (χ0) is 19.2. The van der Waals surface area contributed by atoms with Gasteiger partial charge < -0.3 is 19.8 Å². The molecular formula is C21H21ClN2O3. The van der Waals surface area contributed by atoms with E-state index in [1.54, 1.807) is 26.4 Å². The standard InChI is InChI=1S/C21H21ClN2O3/c1-26-19-7-3-14(11-20(19)27-2)4-8-21(25)23-10-9-15-13-24-18-6-5-16(22)12-17(15)18/h3-8,11-13,24H,9-10H2,1-2H3,(H,23,25). The van der Waals surface area contributed by atoms with Gasteiger partial charge in [0.1, 0.15) is 0 Å². The van der Waals surface area contributed by atoms with E-state index in [0.29, 0.717) is 23.1 Å². The van der Waals surface area contributed by atoms with Gasteiger partial charge >= 0.3 is 0 Å². The van der Waals surface area contributed by atoms with Crippen molar-refractivity contribution in [2.24, 2.45) is 0 Å². The number of amides is 1. The Morgan fingerprint density at radius 2 is 1.96 bits per heavy atom. The lowest BCUT2D eigenvalue weighted by Crippen LogP contribution is -2.23. The predicted octanol–water partition coefficient (Wildman–Crippen LogP) is 4.21. The Balaban J connectivity index is 1.56. The van der Waals surface area contributed by atoms with Crippen molar-refractivity contribution in [3.05, 3.63) is 64.8 Å². The molecule has 1 amide bonds. The van der Waals surface area contributed by atoms with Crippen LogP contribution in [-0.4, -0.2) is 31.7 Å². The Bertz CT molecular complexity index is 979. The number of hydrogen-bond donors (Lipinski definition) is 2. The number of carbonyl (C=O) groups excluding carboxylic acids is 1. The topological polar surface area (TPSA) is 63.3 Å². The summed E-state index contributed by atoms with van der Waals surface area (Å²) in [5.74, 6) is 1.12. The maximum Gasteiger partial charge on any atom is 0.244 e. The molecule has 1 aromatic heterocycles.